The molecule has 0 saturated carbocycles. The zero-order valence-corrected chi connectivity index (χ0v) is 10.1. The number of alkyl halides is 3. The number of nitrogens with zero attached hydrogens (tertiary/aromatic N) is 2. The predicted octanol–water partition coefficient (Wildman–Crippen LogP) is 0.931. The highest BCUT2D eigenvalue weighted by molar-refractivity contribution is 5.82. The Morgan fingerprint density at radius 2 is 2.32 bits per heavy atom. The summed E-state index contributed by atoms with van der Waals surface area (Å²) < 4.78 is 38.3. The van der Waals surface area contributed by atoms with Crippen molar-refractivity contribution < 1.29 is 23.1 Å². The van der Waals surface area contributed by atoms with Crippen LogP contribution in [0.2, 0.25) is 0 Å². The van der Waals surface area contributed by atoms with Crippen molar-refractivity contribution in [2.45, 2.75) is 38.0 Å². The van der Waals surface area contributed by atoms with E-state index in [4.69, 9.17) is 5.11 Å². The lowest BCUT2D eigenvalue weighted by Crippen LogP contribution is -2.40. The monoisotopic (exact) mass is 277 g/mol. The molecule has 5 nitrogen and oxygen atoms in total. The highest BCUT2D eigenvalue weighted by atomic mass is 19.4. The molecule has 1 heterocycles. The van der Waals surface area contributed by atoms with E-state index in [0.717, 1.165) is 5.69 Å². The van der Waals surface area contributed by atoms with Crippen LogP contribution in [0.25, 0.3) is 0 Å². The van der Waals surface area contributed by atoms with E-state index in [0.29, 0.717) is 31.4 Å². The summed E-state index contributed by atoms with van der Waals surface area (Å²) in [6, 6.07) is -0.662. The van der Waals surface area contributed by atoms with Crippen molar-refractivity contribution in [3.63, 3.8) is 0 Å². The smallest absolute Gasteiger partial charge is 0.394 e. The van der Waals surface area contributed by atoms with Crippen LogP contribution in [0, 0.1) is 0 Å². The van der Waals surface area contributed by atoms with Gasteiger partial charge in [0.05, 0.1) is 25.4 Å². The molecule has 1 aromatic rings. The average molecular weight is 277 g/mol. The topological polar surface area (TPSA) is 67.2 Å². The average Bonchev–Trinajstić information content (AvgIpc) is 2.73. The first-order valence-electron chi connectivity index (χ1n) is 5.96. The van der Waals surface area contributed by atoms with Gasteiger partial charge in [-0.15, -0.1) is 0 Å². The zero-order chi connectivity index (χ0) is 14.0. The fourth-order valence-corrected chi connectivity index (χ4v) is 2.30. The third-order valence-electron chi connectivity index (χ3n) is 3.14. The van der Waals surface area contributed by atoms with Crippen LogP contribution in [0.15, 0.2) is 6.20 Å². The van der Waals surface area contributed by atoms with Crippen LogP contribution in [-0.2, 0) is 17.8 Å². The molecular formula is C11H14F3N3O2. The number of rotatable bonds is 3. The first-order valence-corrected chi connectivity index (χ1v) is 5.96. The second-order valence-corrected chi connectivity index (χ2v) is 4.41. The Morgan fingerprint density at radius 3 is 2.95 bits per heavy atom. The van der Waals surface area contributed by atoms with Gasteiger partial charge in [0.25, 0.3) is 0 Å². The van der Waals surface area contributed by atoms with Crippen LogP contribution < -0.4 is 5.32 Å². The van der Waals surface area contributed by atoms with Crippen molar-refractivity contribution in [1.82, 2.24) is 15.1 Å². The molecule has 0 aliphatic heterocycles. The standard InChI is InChI=1S/C11H14F3N3O2/c12-11(13,14)10(19)16-8-2-1-3-9-7(8)6-15-17(9)4-5-18/h6,8,18H,1-5H2,(H,16,19). The Kier molecular flexibility index (Phi) is 3.79. The maximum atomic E-state index is 12.2. The van der Waals surface area contributed by atoms with Crippen molar-refractivity contribution >= 4 is 5.91 Å². The van der Waals surface area contributed by atoms with Crippen molar-refractivity contribution in [3.05, 3.63) is 17.5 Å². The molecule has 1 aliphatic rings. The summed E-state index contributed by atoms with van der Waals surface area (Å²) in [6.07, 6.45) is -1.59. The van der Waals surface area contributed by atoms with Crippen LogP contribution in [0.4, 0.5) is 13.2 Å². The summed E-state index contributed by atoms with van der Waals surface area (Å²) in [5.41, 5.74) is 1.39. The normalized spacial score (nSPS) is 19.1. The molecule has 0 bridgehead atoms. The summed E-state index contributed by atoms with van der Waals surface area (Å²) in [7, 11) is 0. The molecule has 2 rings (SSSR count). The molecule has 106 valence electrons. The predicted molar refractivity (Wildman–Crippen MR) is 59.2 cm³/mol. The minimum Gasteiger partial charge on any atom is -0.394 e. The van der Waals surface area contributed by atoms with Gasteiger partial charge in [0.15, 0.2) is 0 Å². The van der Waals surface area contributed by atoms with Crippen molar-refractivity contribution in [2.75, 3.05) is 6.61 Å². The molecular weight excluding hydrogens is 263 g/mol. The molecule has 8 heteroatoms. The minimum absolute atomic E-state index is 0.0896. The van der Waals surface area contributed by atoms with Crippen LogP contribution in [-0.4, -0.2) is 33.6 Å². The van der Waals surface area contributed by atoms with Crippen molar-refractivity contribution in [2.24, 2.45) is 0 Å². The fraction of sp³-hybridized carbons (Fsp3) is 0.636. The van der Waals surface area contributed by atoms with E-state index >= 15 is 0 Å². The van der Waals surface area contributed by atoms with Gasteiger partial charge < -0.3 is 10.4 Å². The van der Waals surface area contributed by atoms with Gasteiger partial charge in [-0.25, -0.2) is 0 Å². The van der Waals surface area contributed by atoms with Crippen LogP contribution in [0.3, 0.4) is 0 Å². The number of nitrogens with one attached hydrogen (secondary N) is 1. The summed E-state index contributed by atoms with van der Waals surface area (Å²) >= 11 is 0. The van der Waals surface area contributed by atoms with Crippen LogP contribution in [0.1, 0.15) is 30.1 Å². The number of fused-ring (bicyclic) bond motifs is 1. The molecule has 1 amide bonds. The molecule has 0 saturated heterocycles. The third-order valence-corrected chi connectivity index (χ3v) is 3.14. The Labute approximate surface area is 107 Å². The van der Waals surface area contributed by atoms with Gasteiger partial charge in [-0.2, -0.15) is 18.3 Å². The van der Waals surface area contributed by atoms with Crippen LogP contribution >= 0.6 is 0 Å². The van der Waals surface area contributed by atoms with Gasteiger partial charge in [0, 0.05) is 11.3 Å². The fourth-order valence-electron chi connectivity index (χ4n) is 2.30. The number of aliphatic hydroxyl groups is 1. The summed E-state index contributed by atoms with van der Waals surface area (Å²) in [5.74, 6) is -1.93. The van der Waals surface area contributed by atoms with Gasteiger partial charge in [0.2, 0.25) is 0 Å². The van der Waals surface area contributed by atoms with E-state index in [2.05, 4.69) is 5.10 Å². The lowest BCUT2D eigenvalue weighted by atomic mass is 9.93. The van der Waals surface area contributed by atoms with Gasteiger partial charge in [-0.05, 0) is 19.3 Å². The van der Waals surface area contributed by atoms with E-state index in [9.17, 15) is 18.0 Å². The lowest BCUT2D eigenvalue weighted by Gasteiger charge is -2.24. The summed E-state index contributed by atoms with van der Waals surface area (Å²) in [4.78, 5) is 11.0. The largest absolute Gasteiger partial charge is 0.471 e. The Hall–Kier alpha value is -1.57. The molecule has 0 aromatic carbocycles. The number of hydrogen-bond donors (Lipinski definition) is 2. The van der Waals surface area contributed by atoms with Crippen molar-refractivity contribution in [3.8, 4) is 0 Å². The molecule has 1 unspecified atom stereocenters. The summed E-state index contributed by atoms with van der Waals surface area (Å²) in [5, 5.41) is 14.9. The highest BCUT2D eigenvalue weighted by Crippen LogP contribution is 2.30. The van der Waals surface area contributed by atoms with Gasteiger partial charge in [-0.1, -0.05) is 0 Å². The number of aromatic nitrogens is 2. The first kappa shape index (κ1) is 13.9. The Bertz CT molecular complexity index is 470. The highest BCUT2D eigenvalue weighted by Gasteiger charge is 2.40. The lowest BCUT2D eigenvalue weighted by molar-refractivity contribution is -0.174. The van der Waals surface area contributed by atoms with Gasteiger partial charge >= 0.3 is 12.1 Å². The number of carbonyl (C=O) groups is 1. The maximum Gasteiger partial charge on any atom is 0.471 e. The second-order valence-electron chi connectivity index (χ2n) is 4.41. The molecule has 0 fully saturated rings. The van der Waals surface area contributed by atoms with Crippen molar-refractivity contribution in [1.29, 1.82) is 0 Å². The first-order chi connectivity index (χ1) is 8.93. The minimum atomic E-state index is -4.88. The third kappa shape index (κ3) is 2.89. The molecule has 0 radical (unpaired) electrons. The van der Waals surface area contributed by atoms with E-state index in [1.807, 2.05) is 5.32 Å². The molecule has 0 spiro atoms. The molecule has 1 aliphatic carbocycles. The molecule has 1 atom stereocenters. The number of hydrogen-bond acceptors (Lipinski definition) is 3. The zero-order valence-electron chi connectivity index (χ0n) is 10.1. The van der Waals surface area contributed by atoms with E-state index in [1.165, 1.54) is 6.20 Å². The van der Waals surface area contributed by atoms with Crippen LogP contribution in [0.5, 0.6) is 0 Å². The van der Waals surface area contributed by atoms with Gasteiger partial charge in [-0.3, -0.25) is 9.48 Å². The number of aliphatic hydroxyl groups excluding tert-OH is 1. The number of halogens is 3. The second kappa shape index (κ2) is 5.20. The molecule has 2 N–H and O–H groups in total. The molecule has 19 heavy (non-hydrogen) atoms. The maximum absolute atomic E-state index is 12.2. The Balaban J connectivity index is 2.17. The quantitative estimate of drug-likeness (QED) is 0.863. The number of carbonyl (C=O) groups excluding carboxylic acids is 1. The van der Waals surface area contributed by atoms with E-state index in [1.54, 1.807) is 4.68 Å². The van der Waals surface area contributed by atoms with E-state index < -0.39 is 18.1 Å². The summed E-state index contributed by atoms with van der Waals surface area (Å²) in [6.45, 7) is 0.211. The van der Waals surface area contributed by atoms with Gasteiger partial charge in [0.1, 0.15) is 0 Å². The number of amides is 1. The SMILES string of the molecule is O=C(NC1CCCc2c1cnn2CCO)C(F)(F)F. The van der Waals surface area contributed by atoms with E-state index in [-0.39, 0.29) is 6.61 Å². The Morgan fingerprint density at radius 1 is 1.58 bits per heavy atom. The molecule has 1 aromatic heterocycles.